The zero-order valence-corrected chi connectivity index (χ0v) is 9.51. The minimum Gasteiger partial charge on any atom is -0.290 e. The van der Waals surface area contributed by atoms with Gasteiger partial charge in [-0.2, -0.15) is 4.98 Å². The van der Waals surface area contributed by atoms with Crippen LogP contribution in [0.25, 0.3) is 5.82 Å². The van der Waals surface area contributed by atoms with Gasteiger partial charge in [-0.25, -0.2) is 24.8 Å². The third kappa shape index (κ3) is 2.28. The van der Waals surface area contributed by atoms with Crippen molar-refractivity contribution >= 4 is 5.95 Å². The number of pyridine rings is 1. The molecule has 0 bridgehead atoms. The molecule has 0 unspecified atom stereocenters. The second-order valence-electron chi connectivity index (χ2n) is 3.35. The summed E-state index contributed by atoms with van der Waals surface area (Å²) in [7, 11) is 1.66. The van der Waals surface area contributed by atoms with Crippen LogP contribution in [0.4, 0.5) is 5.95 Å². The van der Waals surface area contributed by atoms with E-state index in [4.69, 9.17) is 0 Å². The normalized spacial score (nSPS) is 10.2. The first kappa shape index (κ1) is 11.2. The van der Waals surface area contributed by atoms with Gasteiger partial charge in [-0.1, -0.05) is 6.07 Å². The molecule has 0 aliphatic heterocycles. The van der Waals surface area contributed by atoms with Crippen molar-refractivity contribution in [3.05, 3.63) is 40.7 Å². The van der Waals surface area contributed by atoms with Crippen LogP contribution in [0.1, 0.15) is 5.56 Å². The summed E-state index contributed by atoms with van der Waals surface area (Å²) >= 11 is 0. The third-order valence-corrected chi connectivity index (χ3v) is 2.15. The molecule has 0 amide bonds. The zero-order valence-electron chi connectivity index (χ0n) is 9.51. The van der Waals surface area contributed by atoms with E-state index >= 15 is 0 Å². The molecule has 0 saturated heterocycles. The van der Waals surface area contributed by atoms with Crippen molar-refractivity contribution in [1.82, 2.24) is 24.9 Å². The van der Waals surface area contributed by atoms with E-state index in [1.165, 1.54) is 10.9 Å². The van der Waals surface area contributed by atoms with Gasteiger partial charge in [0, 0.05) is 13.2 Å². The van der Waals surface area contributed by atoms with E-state index in [1.807, 2.05) is 19.1 Å². The predicted octanol–water partition coefficient (Wildman–Crippen LogP) is -0.123. The van der Waals surface area contributed by atoms with E-state index in [0.29, 0.717) is 5.82 Å². The molecule has 2 aromatic heterocycles. The molecule has 2 heterocycles. The Labute approximate surface area is 97.5 Å². The average Bonchev–Trinajstić information content (AvgIpc) is 2.31. The fraction of sp³-hybridized carbons (Fsp3) is 0.200. The van der Waals surface area contributed by atoms with Gasteiger partial charge in [0.15, 0.2) is 0 Å². The average molecular weight is 232 g/mol. The number of hydrazine groups is 1. The quantitative estimate of drug-likeness (QED) is 0.717. The summed E-state index contributed by atoms with van der Waals surface area (Å²) in [5, 5.41) is 0. The zero-order chi connectivity index (χ0) is 12.3. The van der Waals surface area contributed by atoms with Gasteiger partial charge in [0.2, 0.25) is 5.95 Å². The molecule has 7 nitrogen and oxygen atoms in total. The number of anilines is 1. The van der Waals surface area contributed by atoms with Crippen molar-refractivity contribution in [2.75, 3.05) is 12.5 Å². The predicted molar refractivity (Wildman–Crippen MR) is 62.8 cm³/mol. The molecule has 0 fully saturated rings. The fourth-order valence-electron chi connectivity index (χ4n) is 1.38. The highest BCUT2D eigenvalue weighted by atomic mass is 16.1. The molecule has 2 N–H and O–H groups in total. The highest BCUT2D eigenvalue weighted by Gasteiger charge is 2.06. The number of rotatable bonds is 3. The van der Waals surface area contributed by atoms with Crippen molar-refractivity contribution in [2.45, 2.75) is 6.92 Å². The topological polar surface area (TPSA) is 84.7 Å². The van der Waals surface area contributed by atoms with Crippen LogP contribution in [0, 0.1) is 6.92 Å². The number of nitrogens with zero attached hydrogens (tertiary/aromatic N) is 4. The van der Waals surface area contributed by atoms with E-state index in [1.54, 1.807) is 13.2 Å². The Balaban J connectivity index is 2.48. The highest BCUT2D eigenvalue weighted by molar-refractivity contribution is 5.32. The number of hydrogen-bond acceptors (Lipinski definition) is 6. The van der Waals surface area contributed by atoms with E-state index in [2.05, 4.69) is 25.8 Å². The Morgan fingerprint density at radius 3 is 2.82 bits per heavy atom. The van der Waals surface area contributed by atoms with Gasteiger partial charge in [-0.15, -0.1) is 0 Å². The lowest BCUT2D eigenvalue weighted by atomic mass is 10.3. The lowest BCUT2D eigenvalue weighted by molar-refractivity contribution is 0.813. The molecule has 0 aliphatic carbocycles. The lowest BCUT2D eigenvalue weighted by Gasteiger charge is -2.07. The molecule has 0 atom stereocenters. The van der Waals surface area contributed by atoms with Gasteiger partial charge in [-0.05, 0) is 18.6 Å². The van der Waals surface area contributed by atoms with Crippen molar-refractivity contribution in [1.29, 1.82) is 0 Å². The molecule has 0 radical (unpaired) electrons. The first-order valence-electron chi connectivity index (χ1n) is 5.03. The van der Waals surface area contributed by atoms with Crippen LogP contribution in [0.2, 0.25) is 0 Å². The standard InChI is InChI=1S/C10H12N6O/c1-7-4-3-5-12-8(7)16-6-13-9(15-11-2)14-10(16)17/h3-6,11H,1-2H3,(H,14,15,17). The van der Waals surface area contributed by atoms with Crippen LogP contribution in [-0.2, 0) is 0 Å². The summed E-state index contributed by atoms with van der Waals surface area (Å²) in [6, 6.07) is 3.68. The molecule has 2 aromatic rings. The minimum absolute atomic E-state index is 0.224. The second-order valence-corrected chi connectivity index (χ2v) is 3.35. The number of nitrogens with one attached hydrogen (secondary N) is 2. The molecule has 2 rings (SSSR count). The van der Waals surface area contributed by atoms with E-state index < -0.39 is 5.69 Å². The molecule has 0 aliphatic rings. The summed E-state index contributed by atoms with van der Waals surface area (Å²) in [5.74, 6) is 0.760. The van der Waals surface area contributed by atoms with Gasteiger partial charge >= 0.3 is 5.69 Å². The molecule has 0 saturated carbocycles. The molecule has 0 spiro atoms. The van der Waals surface area contributed by atoms with Gasteiger partial charge in [0.25, 0.3) is 0 Å². The molecule has 88 valence electrons. The van der Waals surface area contributed by atoms with E-state index in [-0.39, 0.29) is 5.95 Å². The Hall–Kier alpha value is -2.28. The van der Waals surface area contributed by atoms with E-state index in [9.17, 15) is 4.79 Å². The van der Waals surface area contributed by atoms with Gasteiger partial charge in [-0.3, -0.25) is 5.43 Å². The lowest BCUT2D eigenvalue weighted by Crippen LogP contribution is -2.27. The maximum Gasteiger partial charge on any atom is 0.357 e. The maximum absolute atomic E-state index is 11.8. The highest BCUT2D eigenvalue weighted by Crippen LogP contribution is 2.06. The molecule has 7 heteroatoms. The SMILES string of the molecule is CNNc1ncn(-c2ncccc2C)c(=O)n1. The number of hydrogen-bond donors (Lipinski definition) is 2. The van der Waals surface area contributed by atoms with E-state index in [0.717, 1.165) is 5.56 Å². The molecule has 0 aromatic carbocycles. The van der Waals surface area contributed by atoms with Crippen LogP contribution in [-0.4, -0.2) is 26.6 Å². The Morgan fingerprint density at radius 2 is 2.18 bits per heavy atom. The van der Waals surface area contributed by atoms with Crippen molar-refractivity contribution in [2.24, 2.45) is 0 Å². The number of aryl methyl sites for hydroxylation is 1. The first-order valence-corrected chi connectivity index (χ1v) is 5.03. The Morgan fingerprint density at radius 1 is 1.35 bits per heavy atom. The summed E-state index contributed by atoms with van der Waals surface area (Å²) in [6.07, 6.45) is 3.01. The Kier molecular flexibility index (Phi) is 3.10. The van der Waals surface area contributed by atoms with Crippen molar-refractivity contribution in [3.8, 4) is 5.82 Å². The molecular weight excluding hydrogens is 220 g/mol. The first-order chi connectivity index (χ1) is 8.22. The van der Waals surface area contributed by atoms with Gasteiger partial charge in [0.1, 0.15) is 12.1 Å². The smallest absolute Gasteiger partial charge is 0.290 e. The van der Waals surface area contributed by atoms with Crippen molar-refractivity contribution < 1.29 is 0 Å². The minimum atomic E-state index is -0.431. The summed E-state index contributed by atoms with van der Waals surface area (Å²) < 4.78 is 1.30. The second kappa shape index (κ2) is 4.71. The van der Waals surface area contributed by atoms with Crippen LogP contribution in [0.15, 0.2) is 29.5 Å². The summed E-state index contributed by atoms with van der Waals surface area (Å²) in [5.41, 5.74) is 5.73. The fourth-order valence-corrected chi connectivity index (χ4v) is 1.38. The number of aromatic nitrogens is 4. The van der Waals surface area contributed by atoms with Crippen LogP contribution < -0.4 is 16.5 Å². The van der Waals surface area contributed by atoms with Crippen molar-refractivity contribution in [3.63, 3.8) is 0 Å². The van der Waals surface area contributed by atoms with Crippen LogP contribution in [0.5, 0.6) is 0 Å². The van der Waals surface area contributed by atoms with Gasteiger partial charge < -0.3 is 0 Å². The molecular formula is C10H12N6O. The van der Waals surface area contributed by atoms with Gasteiger partial charge in [0.05, 0.1) is 0 Å². The van der Waals surface area contributed by atoms with Crippen LogP contribution in [0.3, 0.4) is 0 Å². The monoisotopic (exact) mass is 232 g/mol. The summed E-state index contributed by atoms with van der Waals surface area (Å²) in [4.78, 5) is 23.7. The Bertz CT molecular complexity index is 579. The molecule has 17 heavy (non-hydrogen) atoms. The van der Waals surface area contributed by atoms with Crippen LogP contribution >= 0.6 is 0 Å². The third-order valence-electron chi connectivity index (χ3n) is 2.15. The summed E-state index contributed by atoms with van der Waals surface area (Å²) in [6.45, 7) is 1.87. The maximum atomic E-state index is 11.8. The largest absolute Gasteiger partial charge is 0.357 e.